The molecular formula is C22H19N3O3S. The number of aromatic nitrogens is 2. The molecule has 146 valence electrons. The van der Waals surface area contributed by atoms with Crippen molar-refractivity contribution in [3.63, 3.8) is 0 Å². The minimum atomic E-state index is -0.119. The van der Waals surface area contributed by atoms with Crippen LogP contribution >= 0.6 is 11.3 Å². The first kappa shape index (κ1) is 17.8. The van der Waals surface area contributed by atoms with E-state index in [1.807, 2.05) is 54.2 Å². The summed E-state index contributed by atoms with van der Waals surface area (Å²) in [7, 11) is 0. The molecule has 1 amide bonds. The Balaban J connectivity index is 1.50. The summed E-state index contributed by atoms with van der Waals surface area (Å²) in [5.74, 6) is 1.32. The molecule has 0 spiro atoms. The molecule has 6 nitrogen and oxygen atoms in total. The molecule has 0 atom stereocenters. The maximum atomic E-state index is 13.1. The van der Waals surface area contributed by atoms with Crippen LogP contribution in [0.2, 0.25) is 0 Å². The molecular weight excluding hydrogens is 386 g/mol. The monoisotopic (exact) mass is 405 g/mol. The lowest BCUT2D eigenvalue weighted by Gasteiger charge is -2.09. The van der Waals surface area contributed by atoms with Crippen LogP contribution in [0.1, 0.15) is 26.5 Å². The molecule has 1 aliphatic rings. The van der Waals surface area contributed by atoms with Crippen molar-refractivity contribution in [2.24, 2.45) is 0 Å². The molecule has 1 N–H and O–H groups in total. The SMILES string of the molecule is Cc1cc(C)c2c(-n3cccc3)c(C(=O)NCc3ccc4c(c3)OCO4)sc2n1. The third-order valence-corrected chi connectivity index (χ3v) is 5.99. The minimum absolute atomic E-state index is 0.119. The average Bonchev–Trinajstić information content (AvgIpc) is 3.43. The number of amides is 1. The summed E-state index contributed by atoms with van der Waals surface area (Å²) in [5, 5.41) is 4.06. The number of nitrogens with zero attached hydrogens (tertiary/aromatic N) is 2. The molecule has 0 saturated carbocycles. The Morgan fingerprint density at radius 3 is 2.79 bits per heavy atom. The van der Waals surface area contributed by atoms with Crippen molar-refractivity contribution in [3.05, 3.63) is 70.5 Å². The summed E-state index contributed by atoms with van der Waals surface area (Å²) < 4.78 is 12.7. The number of rotatable bonds is 4. The van der Waals surface area contributed by atoms with Gasteiger partial charge in [0.25, 0.3) is 5.91 Å². The van der Waals surface area contributed by atoms with E-state index in [1.165, 1.54) is 11.3 Å². The molecule has 0 radical (unpaired) electrons. The average molecular weight is 405 g/mol. The van der Waals surface area contributed by atoms with Gasteiger partial charge >= 0.3 is 0 Å². The van der Waals surface area contributed by atoms with E-state index < -0.39 is 0 Å². The number of carbonyl (C=O) groups is 1. The quantitative estimate of drug-likeness (QED) is 0.548. The number of nitrogens with one attached hydrogen (secondary N) is 1. The summed E-state index contributed by atoms with van der Waals surface area (Å²) in [6.07, 6.45) is 3.91. The topological polar surface area (TPSA) is 65.4 Å². The molecule has 4 heterocycles. The van der Waals surface area contributed by atoms with Crippen LogP contribution in [0.15, 0.2) is 48.8 Å². The molecule has 7 heteroatoms. The number of hydrogen-bond donors (Lipinski definition) is 1. The number of benzene rings is 1. The van der Waals surface area contributed by atoms with E-state index in [2.05, 4.69) is 23.3 Å². The molecule has 0 saturated heterocycles. The Morgan fingerprint density at radius 1 is 1.17 bits per heavy atom. The molecule has 0 fully saturated rings. The van der Waals surface area contributed by atoms with Gasteiger partial charge in [-0.2, -0.15) is 0 Å². The van der Waals surface area contributed by atoms with Gasteiger partial charge in [-0.15, -0.1) is 11.3 Å². The Bertz CT molecular complexity index is 1230. The van der Waals surface area contributed by atoms with Gasteiger partial charge in [-0.25, -0.2) is 4.98 Å². The maximum absolute atomic E-state index is 13.1. The number of hydrogen-bond acceptors (Lipinski definition) is 5. The van der Waals surface area contributed by atoms with Gasteiger partial charge in [0, 0.05) is 30.0 Å². The first-order valence-electron chi connectivity index (χ1n) is 9.31. The molecule has 0 aliphatic carbocycles. The largest absolute Gasteiger partial charge is 0.454 e. The molecule has 1 aliphatic heterocycles. The number of carbonyl (C=O) groups excluding carboxylic acids is 1. The van der Waals surface area contributed by atoms with Crippen molar-refractivity contribution >= 4 is 27.5 Å². The van der Waals surface area contributed by atoms with Crippen LogP contribution in [0.25, 0.3) is 15.9 Å². The zero-order valence-electron chi connectivity index (χ0n) is 16.1. The lowest BCUT2D eigenvalue weighted by atomic mass is 10.1. The second kappa shape index (κ2) is 6.93. The van der Waals surface area contributed by atoms with E-state index in [1.54, 1.807) is 0 Å². The van der Waals surface area contributed by atoms with Crippen molar-refractivity contribution < 1.29 is 14.3 Å². The summed E-state index contributed by atoms with van der Waals surface area (Å²) in [6, 6.07) is 11.7. The fourth-order valence-corrected chi connectivity index (χ4v) is 4.83. The highest BCUT2D eigenvalue weighted by molar-refractivity contribution is 7.21. The second-order valence-electron chi connectivity index (χ2n) is 7.00. The predicted octanol–water partition coefficient (Wildman–Crippen LogP) is 4.36. The van der Waals surface area contributed by atoms with E-state index in [0.717, 1.165) is 38.5 Å². The number of pyridine rings is 1. The van der Waals surface area contributed by atoms with Crippen molar-refractivity contribution in [3.8, 4) is 17.2 Å². The van der Waals surface area contributed by atoms with Gasteiger partial charge in [-0.1, -0.05) is 6.07 Å². The van der Waals surface area contributed by atoms with Gasteiger partial charge < -0.3 is 19.4 Å². The van der Waals surface area contributed by atoms with Crippen LogP contribution in [-0.4, -0.2) is 22.3 Å². The lowest BCUT2D eigenvalue weighted by molar-refractivity contribution is 0.0955. The number of ether oxygens (including phenoxy) is 2. The first-order valence-corrected chi connectivity index (χ1v) is 10.1. The number of aryl methyl sites for hydroxylation is 2. The van der Waals surface area contributed by atoms with Crippen LogP contribution in [0, 0.1) is 13.8 Å². The number of fused-ring (bicyclic) bond motifs is 2. The highest BCUT2D eigenvalue weighted by Gasteiger charge is 2.22. The normalized spacial score (nSPS) is 12.5. The fourth-order valence-electron chi connectivity index (χ4n) is 3.62. The lowest BCUT2D eigenvalue weighted by Crippen LogP contribution is -2.23. The molecule has 0 unspecified atom stereocenters. The van der Waals surface area contributed by atoms with Gasteiger partial charge in [0.05, 0.1) is 5.69 Å². The Hall–Kier alpha value is -3.32. The highest BCUT2D eigenvalue weighted by atomic mass is 32.1. The van der Waals surface area contributed by atoms with Crippen molar-refractivity contribution in [2.45, 2.75) is 20.4 Å². The summed E-state index contributed by atoms with van der Waals surface area (Å²) in [4.78, 5) is 19.3. The summed E-state index contributed by atoms with van der Waals surface area (Å²) >= 11 is 1.43. The molecule has 1 aromatic carbocycles. The molecule has 3 aromatic heterocycles. The Labute approximate surface area is 171 Å². The Morgan fingerprint density at radius 2 is 1.97 bits per heavy atom. The van der Waals surface area contributed by atoms with E-state index in [-0.39, 0.29) is 12.7 Å². The smallest absolute Gasteiger partial charge is 0.263 e. The highest BCUT2D eigenvalue weighted by Crippen LogP contribution is 2.36. The fraction of sp³-hybridized carbons (Fsp3) is 0.182. The van der Waals surface area contributed by atoms with Crippen molar-refractivity contribution in [1.82, 2.24) is 14.9 Å². The van der Waals surface area contributed by atoms with Gasteiger partial charge in [-0.05, 0) is 55.3 Å². The predicted molar refractivity (Wildman–Crippen MR) is 112 cm³/mol. The molecule has 29 heavy (non-hydrogen) atoms. The second-order valence-corrected chi connectivity index (χ2v) is 8.00. The van der Waals surface area contributed by atoms with Crippen molar-refractivity contribution in [1.29, 1.82) is 0 Å². The zero-order valence-corrected chi connectivity index (χ0v) is 16.9. The van der Waals surface area contributed by atoms with Crippen LogP contribution in [0.5, 0.6) is 11.5 Å². The van der Waals surface area contributed by atoms with Gasteiger partial charge in [0.15, 0.2) is 11.5 Å². The van der Waals surface area contributed by atoms with Crippen LogP contribution in [-0.2, 0) is 6.54 Å². The van der Waals surface area contributed by atoms with E-state index >= 15 is 0 Å². The van der Waals surface area contributed by atoms with Crippen molar-refractivity contribution in [2.75, 3.05) is 6.79 Å². The van der Waals surface area contributed by atoms with E-state index in [0.29, 0.717) is 17.2 Å². The van der Waals surface area contributed by atoms with Gasteiger partial charge in [0.2, 0.25) is 6.79 Å². The van der Waals surface area contributed by atoms with E-state index in [9.17, 15) is 4.79 Å². The number of thiophene rings is 1. The van der Waals surface area contributed by atoms with Gasteiger partial charge in [0.1, 0.15) is 9.71 Å². The van der Waals surface area contributed by atoms with Crippen LogP contribution in [0.3, 0.4) is 0 Å². The van der Waals surface area contributed by atoms with Crippen LogP contribution in [0.4, 0.5) is 0 Å². The Kier molecular flexibility index (Phi) is 4.24. The molecule has 5 rings (SSSR count). The van der Waals surface area contributed by atoms with Gasteiger partial charge in [-0.3, -0.25) is 4.79 Å². The molecule has 4 aromatic rings. The minimum Gasteiger partial charge on any atom is -0.454 e. The maximum Gasteiger partial charge on any atom is 0.263 e. The standard InChI is InChI=1S/C22H19N3O3S/c1-13-9-14(2)24-22-18(13)19(25-7-3-4-8-25)20(29-22)21(26)23-11-15-5-6-16-17(10-15)28-12-27-16/h3-10H,11-12H2,1-2H3,(H,23,26). The summed E-state index contributed by atoms with van der Waals surface area (Å²) in [6.45, 7) is 4.67. The van der Waals surface area contributed by atoms with E-state index in [4.69, 9.17) is 9.47 Å². The molecule has 0 bridgehead atoms. The summed E-state index contributed by atoms with van der Waals surface area (Å²) in [5.41, 5.74) is 3.89. The zero-order chi connectivity index (χ0) is 20.0. The third kappa shape index (κ3) is 3.13. The first-order chi connectivity index (χ1) is 14.1. The third-order valence-electron chi connectivity index (χ3n) is 4.92. The van der Waals surface area contributed by atoms with Crippen LogP contribution < -0.4 is 14.8 Å².